The first-order valence-corrected chi connectivity index (χ1v) is 8.85. The molecule has 132 valence electrons. The number of carbonyl (C=O) groups is 1. The number of carbonyl (C=O) groups excluding carboxylic acids is 1. The van der Waals surface area contributed by atoms with Gasteiger partial charge in [-0.25, -0.2) is 8.42 Å². The molecular formula is C15H26N2O5S. The summed E-state index contributed by atoms with van der Waals surface area (Å²) in [5.41, 5.74) is 6.90. The SMILES string of the molecule is CS(=O)(=O)[O-].C[N+](C)(C)CC(N)CC(=O)OCc1ccccc1. The van der Waals surface area contributed by atoms with Crippen LogP contribution < -0.4 is 5.73 Å². The van der Waals surface area contributed by atoms with Crippen LogP contribution in [0.1, 0.15) is 12.0 Å². The highest BCUT2D eigenvalue weighted by Gasteiger charge is 2.18. The number of esters is 1. The van der Waals surface area contributed by atoms with E-state index in [1.54, 1.807) is 0 Å². The molecule has 0 aliphatic heterocycles. The highest BCUT2D eigenvalue weighted by molar-refractivity contribution is 7.84. The van der Waals surface area contributed by atoms with Crippen LogP contribution in [0, 0.1) is 0 Å². The number of benzene rings is 1. The monoisotopic (exact) mass is 346 g/mol. The van der Waals surface area contributed by atoms with Crippen molar-refractivity contribution in [3.8, 4) is 0 Å². The second kappa shape index (κ2) is 9.61. The number of rotatable bonds is 6. The Labute approximate surface area is 138 Å². The molecule has 0 heterocycles. The molecule has 0 aromatic heterocycles. The topological polar surface area (TPSA) is 110 Å². The average molecular weight is 346 g/mol. The average Bonchev–Trinajstić information content (AvgIpc) is 2.33. The molecule has 1 aromatic carbocycles. The van der Waals surface area contributed by atoms with Gasteiger partial charge in [0.25, 0.3) is 0 Å². The van der Waals surface area contributed by atoms with Gasteiger partial charge in [0.1, 0.15) is 6.61 Å². The lowest BCUT2D eigenvalue weighted by Crippen LogP contribution is -2.45. The van der Waals surface area contributed by atoms with Crippen LogP contribution in [0.2, 0.25) is 0 Å². The summed E-state index contributed by atoms with van der Waals surface area (Å²) in [5, 5.41) is 0. The maximum absolute atomic E-state index is 11.6. The van der Waals surface area contributed by atoms with Gasteiger partial charge in [-0.15, -0.1) is 0 Å². The van der Waals surface area contributed by atoms with Gasteiger partial charge in [-0.1, -0.05) is 30.3 Å². The molecule has 0 aliphatic rings. The highest BCUT2D eigenvalue weighted by Crippen LogP contribution is 2.03. The maximum Gasteiger partial charge on any atom is 0.307 e. The quantitative estimate of drug-likeness (QED) is 0.451. The first-order chi connectivity index (χ1) is 10.4. The molecule has 23 heavy (non-hydrogen) atoms. The summed E-state index contributed by atoms with van der Waals surface area (Å²) in [7, 11) is 2.24. The van der Waals surface area contributed by atoms with Gasteiger partial charge in [0.05, 0.1) is 50.3 Å². The van der Waals surface area contributed by atoms with Crippen LogP contribution in [0.25, 0.3) is 0 Å². The third-order valence-electron chi connectivity index (χ3n) is 2.45. The number of hydrogen-bond donors (Lipinski definition) is 1. The molecule has 1 rings (SSSR count). The zero-order valence-corrected chi connectivity index (χ0v) is 14.9. The van der Waals surface area contributed by atoms with E-state index in [9.17, 15) is 4.79 Å². The van der Waals surface area contributed by atoms with Crippen LogP contribution in [0.4, 0.5) is 0 Å². The van der Waals surface area contributed by atoms with E-state index in [0.717, 1.165) is 16.6 Å². The Morgan fingerprint density at radius 1 is 1.26 bits per heavy atom. The molecule has 7 nitrogen and oxygen atoms in total. The van der Waals surface area contributed by atoms with Crippen molar-refractivity contribution in [1.82, 2.24) is 0 Å². The van der Waals surface area contributed by atoms with Gasteiger partial charge in [0.2, 0.25) is 0 Å². The van der Waals surface area contributed by atoms with Crippen molar-refractivity contribution >= 4 is 16.1 Å². The van der Waals surface area contributed by atoms with E-state index in [0.29, 0.717) is 12.9 Å². The molecule has 0 amide bonds. The molecule has 8 heteroatoms. The summed E-state index contributed by atoms with van der Waals surface area (Å²) in [6.07, 6.45) is 0.870. The fourth-order valence-corrected chi connectivity index (χ4v) is 1.78. The molecule has 0 radical (unpaired) electrons. The number of nitrogens with zero attached hydrogens (tertiary/aromatic N) is 1. The molecule has 0 saturated heterocycles. The zero-order chi connectivity index (χ0) is 18.1. The van der Waals surface area contributed by atoms with Crippen molar-refractivity contribution in [2.75, 3.05) is 33.9 Å². The molecule has 0 spiro atoms. The Morgan fingerprint density at radius 2 is 1.74 bits per heavy atom. The molecule has 0 saturated carbocycles. The zero-order valence-electron chi connectivity index (χ0n) is 14.1. The minimum atomic E-state index is -3.92. The fourth-order valence-electron chi connectivity index (χ4n) is 1.78. The Bertz CT molecular complexity index is 559. The van der Waals surface area contributed by atoms with E-state index in [1.807, 2.05) is 30.3 Å². The second-order valence-corrected chi connectivity index (χ2v) is 7.70. The van der Waals surface area contributed by atoms with Crippen molar-refractivity contribution in [3.05, 3.63) is 35.9 Å². The molecule has 1 atom stereocenters. The first-order valence-electron chi connectivity index (χ1n) is 7.03. The molecular weight excluding hydrogens is 320 g/mol. The molecule has 0 bridgehead atoms. The van der Waals surface area contributed by atoms with Gasteiger partial charge < -0.3 is 19.5 Å². The second-order valence-electron chi connectivity index (χ2n) is 6.29. The predicted octanol–water partition coefficient (Wildman–Crippen LogP) is 0.315. The van der Waals surface area contributed by atoms with Crippen LogP contribution in [0.5, 0.6) is 0 Å². The van der Waals surface area contributed by atoms with Crippen LogP contribution in [0.15, 0.2) is 30.3 Å². The summed E-state index contributed by atoms with van der Waals surface area (Å²) < 4.78 is 33.2. The molecule has 0 fully saturated rings. The lowest BCUT2D eigenvalue weighted by atomic mass is 10.2. The van der Waals surface area contributed by atoms with Gasteiger partial charge in [-0.3, -0.25) is 4.79 Å². The smallest absolute Gasteiger partial charge is 0.307 e. The largest absolute Gasteiger partial charge is 0.748 e. The number of ether oxygens (including phenoxy) is 1. The van der Waals surface area contributed by atoms with Gasteiger partial charge in [0.15, 0.2) is 0 Å². The Hall–Kier alpha value is -1.48. The van der Waals surface area contributed by atoms with Crippen molar-refractivity contribution < 1.29 is 27.0 Å². The number of quaternary nitrogens is 1. The summed E-state index contributed by atoms with van der Waals surface area (Å²) in [6, 6.07) is 9.48. The third kappa shape index (κ3) is 16.7. The Kier molecular flexibility index (Phi) is 8.99. The van der Waals surface area contributed by atoms with E-state index >= 15 is 0 Å². The standard InChI is InChI=1S/C14H23N2O2.CH4O3S/c1-16(2,3)10-13(15)9-14(17)18-11-12-7-5-4-6-8-12;1-5(2,3)4/h4-8,13H,9-11,15H2,1-3H3;1H3,(H,2,3,4)/q+1;/p-1. The molecule has 0 aliphatic carbocycles. The van der Waals surface area contributed by atoms with Gasteiger partial charge in [-0.05, 0) is 5.56 Å². The van der Waals surface area contributed by atoms with Crippen molar-refractivity contribution in [1.29, 1.82) is 0 Å². The fraction of sp³-hybridized carbons (Fsp3) is 0.533. The Balaban J connectivity index is 0.000000841. The van der Waals surface area contributed by atoms with E-state index in [-0.39, 0.29) is 18.4 Å². The van der Waals surface area contributed by atoms with Crippen LogP contribution in [-0.2, 0) is 26.3 Å². The number of likely N-dealkylation sites (N-methyl/N-ethyl adjacent to an activating group) is 1. The van der Waals surface area contributed by atoms with E-state index in [2.05, 4.69) is 21.1 Å². The van der Waals surface area contributed by atoms with Gasteiger partial charge in [-0.2, -0.15) is 0 Å². The predicted molar refractivity (Wildman–Crippen MR) is 87.4 cm³/mol. The van der Waals surface area contributed by atoms with Crippen molar-refractivity contribution in [2.24, 2.45) is 5.73 Å². The lowest BCUT2D eigenvalue weighted by Gasteiger charge is -2.26. The van der Waals surface area contributed by atoms with Crippen molar-refractivity contribution in [2.45, 2.75) is 19.1 Å². The van der Waals surface area contributed by atoms with Crippen LogP contribution >= 0.6 is 0 Å². The van der Waals surface area contributed by atoms with E-state index < -0.39 is 10.1 Å². The summed E-state index contributed by atoms with van der Waals surface area (Å²) in [5.74, 6) is -0.236. The molecule has 1 aromatic rings. The van der Waals surface area contributed by atoms with Gasteiger partial charge in [0, 0.05) is 6.26 Å². The Morgan fingerprint density at radius 3 is 2.17 bits per heavy atom. The molecule has 2 N–H and O–H groups in total. The first kappa shape index (κ1) is 21.5. The van der Waals surface area contributed by atoms with E-state index in [4.69, 9.17) is 23.4 Å². The minimum absolute atomic E-state index is 0.159. The number of nitrogens with two attached hydrogens (primary N) is 1. The number of hydrogen-bond acceptors (Lipinski definition) is 6. The van der Waals surface area contributed by atoms with Crippen LogP contribution in [-0.4, -0.2) is 63.4 Å². The van der Waals surface area contributed by atoms with Gasteiger partial charge >= 0.3 is 5.97 Å². The minimum Gasteiger partial charge on any atom is -0.748 e. The van der Waals surface area contributed by atoms with Crippen molar-refractivity contribution in [3.63, 3.8) is 0 Å². The third-order valence-corrected chi connectivity index (χ3v) is 2.45. The maximum atomic E-state index is 11.6. The summed E-state index contributed by atoms with van der Waals surface area (Å²) in [4.78, 5) is 11.6. The molecule has 1 unspecified atom stereocenters. The van der Waals surface area contributed by atoms with Crippen LogP contribution in [0.3, 0.4) is 0 Å². The lowest BCUT2D eigenvalue weighted by molar-refractivity contribution is -0.871. The van der Waals surface area contributed by atoms with E-state index in [1.165, 1.54) is 0 Å². The highest BCUT2D eigenvalue weighted by atomic mass is 32.2. The summed E-state index contributed by atoms with van der Waals surface area (Å²) >= 11 is 0. The normalized spacial score (nSPS) is 12.8. The summed E-state index contributed by atoms with van der Waals surface area (Å²) in [6.45, 7) is 1.07.